The Hall–Kier alpha value is -1.11. The van der Waals surface area contributed by atoms with Crippen molar-refractivity contribution in [2.45, 2.75) is 26.3 Å². The summed E-state index contributed by atoms with van der Waals surface area (Å²) in [5.41, 5.74) is 1.34. The van der Waals surface area contributed by atoms with Crippen molar-refractivity contribution in [1.29, 1.82) is 0 Å². The van der Waals surface area contributed by atoms with E-state index in [9.17, 15) is 5.11 Å². The van der Waals surface area contributed by atoms with E-state index in [0.717, 1.165) is 38.5 Å². The van der Waals surface area contributed by atoms with Crippen molar-refractivity contribution in [2.75, 3.05) is 33.4 Å². The minimum Gasteiger partial charge on any atom is -0.396 e. The van der Waals surface area contributed by atoms with Crippen LogP contribution in [0.25, 0.3) is 0 Å². The summed E-state index contributed by atoms with van der Waals surface area (Å²) in [5, 5.41) is 18.1. The molecular weight excluding hydrogens is 286 g/mol. The van der Waals surface area contributed by atoms with E-state index in [1.165, 1.54) is 10.4 Å². The van der Waals surface area contributed by atoms with Crippen LogP contribution in [0.15, 0.2) is 16.4 Å². The molecule has 0 aromatic carbocycles. The second-order valence-corrected chi connectivity index (χ2v) is 6.58. The fourth-order valence-electron chi connectivity index (χ4n) is 2.55. The maximum atomic E-state index is 9.25. The predicted molar refractivity (Wildman–Crippen MR) is 86.8 cm³/mol. The molecular formula is C15H25N3O2S. The van der Waals surface area contributed by atoms with E-state index in [4.69, 9.17) is 4.74 Å². The maximum absolute atomic E-state index is 9.25. The van der Waals surface area contributed by atoms with Gasteiger partial charge in [0.1, 0.15) is 0 Å². The van der Waals surface area contributed by atoms with Crippen LogP contribution in [0.5, 0.6) is 0 Å². The molecule has 118 valence electrons. The van der Waals surface area contributed by atoms with Crippen LogP contribution in [0.4, 0.5) is 0 Å². The molecule has 1 aromatic rings. The van der Waals surface area contributed by atoms with Crippen molar-refractivity contribution < 1.29 is 9.84 Å². The van der Waals surface area contributed by atoms with Crippen LogP contribution in [0, 0.1) is 12.3 Å². The Bertz CT molecular complexity index is 467. The van der Waals surface area contributed by atoms with Crippen LogP contribution in [0.1, 0.15) is 23.3 Å². The standard InChI is InChI=1S/C15H25N3O2S/c1-12-3-8-21-13(12)9-17-14(16-2)18-10-15(4-6-19)5-7-20-11-15/h3,8,19H,4-7,9-11H2,1-2H3,(H2,16,17,18). The van der Waals surface area contributed by atoms with E-state index >= 15 is 0 Å². The molecule has 1 fully saturated rings. The predicted octanol–water partition coefficient (Wildman–Crippen LogP) is 1.51. The molecule has 0 amide bonds. The molecule has 5 nitrogen and oxygen atoms in total. The number of nitrogens with zero attached hydrogens (tertiary/aromatic N) is 1. The fraction of sp³-hybridized carbons (Fsp3) is 0.667. The number of ether oxygens (including phenoxy) is 1. The first-order chi connectivity index (χ1) is 10.2. The molecule has 0 saturated carbocycles. The summed E-state index contributed by atoms with van der Waals surface area (Å²) in [6, 6.07) is 2.13. The van der Waals surface area contributed by atoms with Crippen LogP contribution in [-0.2, 0) is 11.3 Å². The topological polar surface area (TPSA) is 65.9 Å². The number of aliphatic hydroxyl groups is 1. The first kappa shape index (κ1) is 16.3. The van der Waals surface area contributed by atoms with Crippen LogP contribution in [0.2, 0.25) is 0 Å². The number of rotatable bonds is 6. The Balaban J connectivity index is 1.83. The van der Waals surface area contributed by atoms with Gasteiger partial charge in [-0.05, 0) is 36.8 Å². The zero-order chi connectivity index (χ0) is 15.1. The quantitative estimate of drug-likeness (QED) is 0.550. The summed E-state index contributed by atoms with van der Waals surface area (Å²) >= 11 is 1.75. The summed E-state index contributed by atoms with van der Waals surface area (Å²) in [6.45, 7) is 5.37. The molecule has 1 aliphatic heterocycles. The lowest BCUT2D eigenvalue weighted by atomic mass is 9.84. The number of hydrogen-bond donors (Lipinski definition) is 3. The minimum absolute atomic E-state index is 0.0330. The molecule has 21 heavy (non-hydrogen) atoms. The van der Waals surface area contributed by atoms with Gasteiger partial charge < -0.3 is 20.5 Å². The van der Waals surface area contributed by atoms with Gasteiger partial charge in [-0.1, -0.05) is 0 Å². The third-order valence-corrected chi connectivity index (χ3v) is 5.09. The van der Waals surface area contributed by atoms with Gasteiger partial charge in [-0.2, -0.15) is 0 Å². The molecule has 2 rings (SSSR count). The summed E-state index contributed by atoms with van der Waals surface area (Å²) < 4.78 is 5.50. The lowest BCUT2D eigenvalue weighted by Crippen LogP contribution is -2.44. The largest absolute Gasteiger partial charge is 0.396 e. The highest BCUT2D eigenvalue weighted by molar-refractivity contribution is 7.10. The Morgan fingerprint density at radius 3 is 2.95 bits per heavy atom. The van der Waals surface area contributed by atoms with Gasteiger partial charge in [-0.25, -0.2) is 0 Å². The van der Waals surface area contributed by atoms with Gasteiger partial charge in [0.15, 0.2) is 5.96 Å². The third kappa shape index (κ3) is 4.43. The van der Waals surface area contributed by atoms with E-state index in [2.05, 4.69) is 34.0 Å². The number of thiophene rings is 1. The molecule has 1 unspecified atom stereocenters. The van der Waals surface area contributed by atoms with Gasteiger partial charge >= 0.3 is 0 Å². The molecule has 1 aliphatic rings. The molecule has 0 radical (unpaired) electrons. The number of hydrogen-bond acceptors (Lipinski definition) is 4. The van der Waals surface area contributed by atoms with E-state index in [-0.39, 0.29) is 12.0 Å². The lowest BCUT2D eigenvalue weighted by molar-refractivity contribution is 0.127. The van der Waals surface area contributed by atoms with Crippen molar-refractivity contribution in [3.05, 3.63) is 21.9 Å². The van der Waals surface area contributed by atoms with E-state index in [1.807, 2.05) is 0 Å². The molecule has 1 saturated heterocycles. The van der Waals surface area contributed by atoms with Gasteiger partial charge in [-0.15, -0.1) is 11.3 Å². The first-order valence-electron chi connectivity index (χ1n) is 7.35. The molecule has 3 N–H and O–H groups in total. The average Bonchev–Trinajstić information content (AvgIpc) is 3.10. The Labute approximate surface area is 130 Å². The maximum Gasteiger partial charge on any atom is 0.191 e. The second-order valence-electron chi connectivity index (χ2n) is 5.58. The van der Waals surface area contributed by atoms with Crippen molar-refractivity contribution in [3.8, 4) is 0 Å². The number of aliphatic imine (C=N–C) groups is 1. The molecule has 0 aliphatic carbocycles. The summed E-state index contributed by atoms with van der Waals surface area (Å²) in [7, 11) is 1.78. The van der Waals surface area contributed by atoms with Gasteiger partial charge in [0.2, 0.25) is 0 Å². The Morgan fingerprint density at radius 2 is 2.38 bits per heavy atom. The minimum atomic E-state index is 0.0330. The van der Waals surface area contributed by atoms with E-state index in [1.54, 1.807) is 18.4 Å². The van der Waals surface area contributed by atoms with Gasteiger partial charge in [0.05, 0.1) is 13.2 Å². The van der Waals surface area contributed by atoms with Crippen molar-refractivity contribution in [2.24, 2.45) is 10.4 Å². The monoisotopic (exact) mass is 311 g/mol. The molecule has 1 atom stereocenters. The first-order valence-corrected chi connectivity index (χ1v) is 8.23. The van der Waals surface area contributed by atoms with Crippen LogP contribution >= 0.6 is 11.3 Å². The lowest BCUT2D eigenvalue weighted by Gasteiger charge is -2.27. The summed E-state index contributed by atoms with van der Waals surface area (Å²) in [4.78, 5) is 5.59. The van der Waals surface area contributed by atoms with Gasteiger partial charge in [-0.3, -0.25) is 4.99 Å². The van der Waals surface area contributed by atoms with Crippen LogP contribution in [0.3, 0.4) is 0 Å². The third-order valence-electron chi connectivity index (χ3n) is 4.07. The molecule has 0 bridgehead atoms. The van der Waals surface area contributed by atoms with Gasteiger partial charge in [0, 0.05) is 37.1 Å². The summed E-state index contributed by atoms with van der Waals surface area (Å²) in [6.07, 6.45) is 1.75. The zero-order valence-electron chi connectivity index (χ0n) is 12.8. The zero-order valence-corrected chi connectivity index (χ0v) is 13.6. The van der Waals surface area contributed by atoms with Gasteiger partial charge in [0.25, 0.3) is 0 Å². The smallest absolute Gasteiger partial charge is 0.191 e. The normalized spacial score (nSPS) is 22.5. The number of guanidine groups is 1. The van der Waals surface area contributed by atoms with Crippen LogP contribution in [-0.4, -0.2) is 44.5 Å². The highest BCUT2D eigenvalue weighted by Gasteiger charge is 2.34. The Morgan fingerprint density at radius 1 is 1.52 bits per heavy atom. The van der Waals surface area contributed by atoms with Crippen LogP contribution < -0.4 is 10.6 Å². The number of nitrogens with one attached hydrogen (secondary N) is 2. The van der Waals surface area contributed by atoms with E-state index in [0.29, 0.717) is 6.61 Å². The average molecular weight is 311 g/mol. The Kier molecular flexibility index (Phi) is 6.02. The molecule has 6 heteroatoms. The highest BCUT2D eigenvalue weighted by Crippen LogP contribution is 2.31. The van der Waals surface area contributed by atoms with Crippen molar-refractivity contribution >= 4 is 17.3 Å². The number of aliphatic hydroxyl groups excluding tert-OH is 1. The number of aryl methyl sites for hydroxylation is 1. The molecule has 1 aromatic heterocycles. The van der Waals surface area contributed by atoms with E-state index < -0.39 is 0 Å². The molecule has 2 heterocycles. The summed E-state index contributed by atoms with van der Waals surface area (Å²) in [5.74, 6) is 0.798. The molecule has 0 spiro atoms. The SMILES string of the molecule is CN=C(NCc1sccc1C)NCC1(CCO)CCOC1. The second kappa shape index (κ2) is 7.77. The van der Waals surface area contributed by atoms with Crippen molar-refractivity contribution in [1.82, 2.24) is 10.6 Å². The van der Waals surface area contributed by atoms with Crippen molar-refractivity contribution in [3.63, 3.8) is 0 Å². The highest BCUT2D eigenvalue weighted by atomic mass is 32.1. The fourth-order valence-corrected chi connectivity index (χ4v) is 3.40.